The van der Waals surface area contributed by atoms with E-state index in [1.54, 1.807) is 30.3 Å². The van der Waals surface area contributed by atoms with Gasteiger partial charge >= 0.3 is 0 Å². The van der Waals surface area contributed by atoms with Gasteiger partial charge in [0.2, 0.25) is 0 Å². The maximum Gasteiger partial charge on any atom is 0.166 e. The molecule has 0 N–H and O–H groups in total. The summed E-state index contributed by atoms with van der Waals surface area (Å²) in [5.74, 6) is 0.814. The second-order valence-electron chi connectivity index (χ2n) is 14.2. The number of aryl methyl sites for hydroxylation is 1. The number of halogens is 3. The Labute approximate surface area is 276 Å². The first-order chi connectivity index (χ1) is 22.5. The van der Waals surface area contributed by atoms with Gasteiger partial charge in [0.1, 0.15) is 5.82 Å². The lowest BCUT2D eigenvalue weighted by Crippen LogP contribution is -2.23. The second-order valence-corrected chi connectivity index (χ2v) is 14.2. The van der Waals surface area contributed by atoms with Gasteiger partial charge < -0.3 is 0 Å². The lowest BCUT2D eigenvalue weighted by Gasteiger charge is -2.35. The smallest absolute Gasteiger partial charge is 0.166 e. The molecule has 0 bridgehead atoms. The minimum atomic E-state index is -0.785. The Bertz CT molecular complexity index is 1410. The van der Waals surface area contributed by atoms with Gasteiger partial charge in [0.05, 0.1) is 0 Å². The first kappa shape index (κ1) is 34.5. The molecule has 1 atom stereocenters. The lowest BCUT2D eigenvalue weighted by atomic mass is 9.70. The van der Waals surface area contributed by atoms with Crippen LogP contribution in [0.4, 0.5) is 13.2 Å². The summed E-state index contributed by atoms with van der Waals surface area (Å²) in [7, 11) is 0. The van der Waals surface area contributed by atoms with Gasteiger partial charge in [-0.2, -0.15) is 0 Å². The molecule has 0 aromatic heterocycles. The summed E-state index contributed by atoms with van der Waals surface area (Å²) < 4.78 is 45.5. The van der Waals surface area contributed by atoms with E-state index in [1.807, 2.05) is 24.3 Å². The van der Waals surface area contributed by atoms with Crippen molar-refractivity contribution in [1.29, 1.82) is 0 Å². The first-order valence-corrected chi connectivity index (χ1v) is 18.5. The van der Waals surface area contributed by atoms with E-state index in [9.17, 15) is 4.39 Å². The van der Waals surface area contributed by atoms with Crippen molar-refractivity contribution in [3.8, 4) is 22.3 Å². The van der Waals surface area contributed by atoms with Crippen LogP contribution in [0.1, 0.15) is 134 Å². The molecule has 3 aromatic rings. The quantitative estimate of drug-likeness (QED) is 0.147. The zero-order valence-corrected chi connectivity index (χ0v) is 28.4. The van der Waals surface area contributed by atoms with E-state index in [-0.39, 0.29) is 11.4 Å². The third-order valence-electron chi connectivity index (χ3n) is 11.0. The molecule has 2 aliphatic rings. The van der Waals surface area contributed by atoms with Crippen molar-refractivity contribution < 1.29 is 13.2 Å². The van der Waals surface area contributed by atoms with Crippen LogP contribution in [0, 0.1) is 35.2 Å². The van der Waals surface area contributed by atoms with Crippen molar-refractivity contribution >= 4 is 5.57 Å². The highest BCUT2D eigenvalue weighted by molar-refractivity contribution is 5.74. The number of benzene rings is 3. The molecule has 1 unspecified atom stereocenters. The molecule has 0 saturated heterocycles. The maximum atomic E-state index is 15.4. The van der Waals surface area contributed by atoms with Gasteiger partial charge in [-0.3, -0.25) is 0 Å². The van der Waals surface area contributed by atoms with E-state index in [4.69, 9.17) is 0 Å². The van der Waals surface area contributed by atoms with Gasteiger partial charge in [0.25, 0.3) is 0 Å². The van der Waals surface area contributed by atoms with E-state index in [2.05, 4.69) is 19.9 Å². The molecule has 0 amide bonds. The number of rotatable bonds is 15. The van der Waals surface area contributed by atoms with E-state index in [0.29, 0.717) is 17.5 Å². The molecule has 0 heterocycles. The molecule has 0 nitrogen and oxygen atoms in total. The molecule has 0 radical (unpaired) electrons. The van der Waals surface area contributed by atoms with E-state index in [1.165, 1.54) is 70.6 Å². The SMILES string of the molecule is CCCCCCCCCCc1ccc(-c2ccc(-c3ccc(C4=CCC(C5CCC(CCC)CC5)CC4)c(F)c3)cc2)c(F)c1F. The van der Waals surface area contributed by atoms with Gasteiger partial charge in [-0.15, -0.1) is 0 Å². The van der Waals surface area contributed by atoms with Crippen LogP contribution >= 0.6 is 0 Å². The summed E-state index contributed by atoms with van der Waals surface area (Å²) >= 11 is 0. The fourth-order valence-electron chi connectivity index (χ4n) is 8.14. The predicted octanol–water partition coefficient (Wildman–Crippen LogP) is 13.9. The van der Waals surface area contributed by atoms with Gasteiger partial charge in [-0.25, -0.2) is 13.2 Å². The van der Waals surface area contributed by atoms with Crippen LogP contribution in [-0.2, 0) is 6.42 Å². The molecule has 2 aliphatic carbocycles. The fourth-order valence-corrected chi connectivity index (χ4v) is 8.14. The van der Waals surface area contributed by atoms with Gasteiger partial charge in [0.15, 0.2) is 11.6 Å². The lowest BCUT2D eigenvalue weighted by molar-refractivity contribution is 0.189. The molecule has 5 rings (SSSR count). The summed E-state index contributed by atoms with van der Waals surface area (Å²) in [5, 5.41) is 0. The van der Waals surface area contributed by atoms with Crippen LogP contribution in [0.3, 0.4) is 0 Å². The summed E-state index contributed by atoms with van der Waals surface area (Å²) in [4.78, 5) is 0. The standard InChI is InChI=1S/C43H55F3/c1-3-5-6-7-8-9-10-11-13-37-26-29-40(43(46)42(37)45)36-24-20-34(21-25-36)38-27-28-39(41(44)30-38)35-22-18-33(19-23-35)32-16-14-31(12-4-2)15-17-32/h20-22,24-33H,3-19,23H2,1-2H3. The third-order valence-corrected chi connectivity index (χ3v) is 11.0. The molecule has 46 heavy (non-hydrogen) atoms. The molecular formula is C43H55F3. The molecule has 0 aliphatic heterocycles. The number of hydrogen-bond acceptors (Lipinski definition) is 0. The Morgan fingerprint density at radius 1 is 0.587 bits per heavy atom. The Hall–Kier alpha value is -2.81. The zero-order valence-electron chi connectivity index (χ0n) is 28.4. The largest absolute Gasteiger partial charge is 0.206 e. The van der Waals surface area contributed by atoms with E-state index in [0.717, 1.165) is 78.5 Å². The van der Waals surface area contributed by atoms with Crippen LogP contribution in [0.25, 0.3) is 27.8 Å². The van der Waals surface area contributed by atoms with Gasteiger partial charge in [-0.05, 0) is 96.6 Å². The van der Waals surface area contributed by atoms with Gasteiger partial charge in [0, 0.05) is 11.1 Å². The number of hydrogen-bond donors (Lipinski definition) is 0. The Balaban J connectivity index is 1.16. The summed E-state index contributed by atoms with van der Waals surface area (Å²) in [6.07, 6.45) is 23.7. The van der Waals surface area contributed by atoms with Crippen LogP contribution in [0.15, 0.2) is 60.7 Å². The monoisotopic (exact) mass is 628 g/mol. The Morgan fingerprint density at radius 2 is 1.24 bits per heavy atom. The summed E-state index contributed by atoms with van der Waals surface area (Å²) in [6, 6.07) is 16.3. The molecule has 3 aromatic carbocycles. The molecule has 0 spiro atoms. The number of allylic oxidation sites excluding steroid dienone is 2. The summed E-state index contributed by atoms with van der Waals surface area (Å²) in [6.45, 7) is 4.52. The predicted molar refractivity (Wildman–Crippen MR) is 189 cm³/mol. The molecule has 1 saturated carbocycles. The van der Waals surface area contributed by atoms with Crippen molar-refractivity contribution in [2.24, 2.45) is 17.8 Å². The van der Waals surface area contributed by atoms with Crippen LogP contribution in [-0.4, -0.2) is 0 Å². The number of unbranched alkanes of at least 4 members (excludes halogenated alkanes) is 7. The van der Waals surface area contributed by atoms with Crippen molar-refractivity contribution in [3.05, 3.63) is 89.3 Å². The average Bonchev–Trinajstić information content (AvgIpc) is 3.08. The highest BCUT2D eigenvalue weighted by Crippen LogP contribution is 2.42. The normalized spacial score (nSPS) is 20.1. The molecule has 3 heteroatoms. The summed E-state index contributed by atoms with van der Waals surface area (Å²) in [5.41, 5.74) is 4.85. The highest BCUT2D eigenvalue weighted by atomic mass is 19.2. The molecular weight excluding hydrogens is 573 g/mol. The first-order valence-electron chi connectivity index (χ1n) is 18.5. The topological polar surface area (TPSA) is 0 Å². The minimum Gasteiger partial charge on any atom is -0.206 e. The van der Waals surface area contributed by atoms with E-state index >= 15 is 8.78 Å². The van der Waals surface area contributed by atoms with Crippen LogP contribution in [0.5, 0.6) is 0 Å². The van der Waals surface area contributed by atoms with Gasteiger partial charge in [-0.1, -0.05) is 139 Å². The van der Waals surface area contributed by atoms with E-state index < -0.39 is 11.6 Å². The van der Waals surface area contributed by atoms with Crippen molar-refractivity contribution in [2.45, 2.75) is 129 Å². The second kappa shape index (κ2) is 17.4. The Morgan fingerprint density at radius 3 is 1.89 bits per heavy atom. The molecule has 1 fully saturated rings. The highest BCUT2D eigenvalue weighted by Gasteiger charge is 2.29. The van der Waals surface area contributed by atoms with Crippen LogP contribution < -0.4 is 0 Å². The molecule has 248 valence electrons. The zero-order chi connectivity index (χ0) is 32.3. The third kappa shape index (κ3) is 8.96. The maximum absolute atomic E-state index is 15.4. The van der Waals surface area contributed by atoms with Crippen molar-refractivity contribution in [2.75, 3.05) is 0 Å². The van der Waals surface area contributed by atoms with Crippen molar-refractivity contribution in [3.63, 3.8) is 0 Å². The van der Waals surface area contributed by atoms with Crippen LogP contribution in [0.2, 0.25) is 0 Å². The Kier molecular flexibility index (Phi) is 13.0. The fraction of sp³-hybridized carbons (Fsp3) is 0.535. The average molecular weight is 629 g/mol. The minimum absolute atomic E-state index is 0.188. The van der Waals surface area contributed by atoms with Crippen molar-refractivity contribution in [1.82, 2.24) is 0 Å².